The number of hydrogen-bond acceptors (Lipinski definition) is 3. The Labute approximate surface area is 205 Å². The zero-order valence-corrected chi connectivity index (χ0v) is 20.3. The Morgan fingerprint density at radius 3 is 2.38 bits per heavy atom. The Kier molecular flexibility index (Phi) is 6.80. The molecule has 1 saturated heterocycles. The highest BCUT2D eigenvalue weighted by molar-refractivity contribution is 6.30. The molecular weight excluding hydrogens is 442 g/mol. The third-order valence-electron chi connectivity index (χ3n) is 7.10. The Morgan fingerprint density at radius 2 is 1.62 bits per heavy atom. The van der Waals surface area contributed by atoms with Crippen LogP contribution in [0.25, 0.3) is 10.8 Å². The maximum Gasteiger partial charge on any atom is 0.274 e. The summed E-state index contributed by atoms with van der Waals surface area (Å²) >= 11 is 6.08. The predicted octanol–water partition coefficient (Wildman–Crippen LogP) is 6.43. The first-order valence-corrected chi connectivity index (χ1v) is 12.5. The van der Waals surface area contributed by atoms with Crippen molar-refractivity contribution in [3.63, 3.8) is 0 Å². The fourth-order valence-electron chi connectivity index (χ4n) is 5.12. The topological polar surface area (TPSA) is 38.1 Å². The van der Waals surface area contributed by atoms with E-state index in [9.17, 15) is 4.79 Å². The minimum Gasteiger partial charge on any atom is -0.297 e. The molecule has 0 radical (unpaired) electrons. The summed E-state index contributed by atoms with van der Waals surface area (Å²) in [5.41, 5.74) is 3.43. The summed E-state index contributed by atoms with van der Waals surface area (Å²) in [5, 5.41) is 7.37. The summed E-state index contributed by atoms with van der Waals surface area (Å²) in [6.07, 6.45) is 3.60. The highest BCUT2D eigenvalue weighted by Gasteiger charge is 2.24. The third kappa shape index (κ3) is 4.79. The van der Waals surface area contributed by atoms with Crippen LogP contribution in [0.5, 0.6) is 0 Å². The predicted molar refractivity (Wildman–Crippen MR) is 140 cm³/mol. The van der Waals surface area contributed by atoms with Gasteiger partial charge < -0.3 is 0 Å². The van der Waals surface area contributed by atoms with Crippen LogP contribution >= 0.6 is 11.6 Å². The van der Waals surface area contributed by atoms with Gasteiger partial charge in [-0.05, 0) is 62.1 Å². The summed E-state index contributed by atoms with van der Waals surface area (Å²) in [5.74, 6) is 0. The lowest BCUT2D eigenvalue weighted by Gasteiger charge is -2.28. The van der Waals surface area contributed by atoms with Crippen LogP contribution in [0.4, 0.5) is 0 Å². The van der Waals surface area contributed by atoms with E-state index in [1.54, 1.807) is 4.68 Å². The lowest BCUT2D eigenvalue weighted by molar-refractivity contribution is 0.215. The molecule has 0 saturated carbocycles. The average Bonchev–Trinajstić information content (AvgIpc) is 3.13. The first-order chi connectivity index (χ1) is 16.6. The van der Waals surface area contributed by atoms with E-state index in [-0.39, 0.29) is 11.6 Å². The van der Waals surface area contributed by atoms with Crippen LogP contribution in [0.1, 0.15) is 55.1 Å². The fourth-order valence-corrected chi connectivity index (χ4v) is 5.25. The molecule has 0 amide bonds. The van der Waals surface area contributed by atoms with Crippen molar-refractivity contribution in [2.45, 2.75) is 44.7 Å². The van der Waals surface area contributed by atoms with Crippen LogP contribution in [-0.2, 0) is 6.42 Å². The van der Waals surface area contributed by atoms with Crippen molar-refractivity contribution in [1.82, 2.24) is 14.7 Å². The van der Waals surface area contributed by atoms with Crippen LogP contribution in [0.15, 0.2) is 83.7 Å². The van der Waals surface area contributed by atoms with Crippen molar-refractivity contribution in [2.75, 3.05) is 13.1 Å². The molecule has 1 aliphatic rings. The van der Waals surface area contributed by atoms with Gasteiger partial charge in [0, 0.05) is 29.4 Å². The number of halogens is 1. The lowest BCUT2D eigenvalue weighted by atomic mass is 10.0. The first kappa shape index (κ1) is 22.8. The summed E-state index contributed by atoms with van der Waals surface area (Å²) in [6.45, 7) is 4.26. The van der Waals surface area contributed by atoms with E-state index in [0.29, 0.717) is 12.5 Å². The van der Waals surface area contributed by atoms with Gasteiger partial charge in [-0.25, -0.2) is 4.68 Å². The van der Waals surface area contributed by atoms with E-state index in [4.69, 9.17) is 16.7 Å². The zero-order chi connectivity index (χ0) is 23.5. The highest BCUT2D eigenvalue weighted by Crippen LogP contribution is 2.28. The number of fused-ring (bicyclic) bond motifs is 1. The molecule has 4 aromatic rings. The summed E-state index contributed by atoms with van der Waals surface area (Å²) < 4.78 is 1.78. The third-order valence-corrected chi connectivity index (χ3v) is 7.35. The molecule has 2 unspecified atom stereocenters. The van der Waals surface area contributed by atoms with Gasteiger partial charge in [0.15, 0.2) is 0 Å². The molecule has 174 valence electrons. The van der Waals surface area contributed by atoms with E-state index in [2.05, 4.69) is 42.2 Å². The van der Waals surface area contributed by atoms with Gasteiger partial charge in [0.25, 0.3) is 5.56 Å². The van der Waals surface area contributed by atoms with E-state index >= 15 is 0 Å². The number of aromatic nitrogens is 2. The van der Waals surface area contributed by atoms with Gasteiger partial charge in [-0.15, -0.1) is 0 Å². The highest BCUT2D eigenvalue weighted by atomic mass is 35.5. The van der Waals surface area contributed by atoms with E-state index in [1.807, 2.05) is 48.5 Å². The molecule has 3 aromatic carbocycles. The molecule has 0 N–H and O–H groups in total. The standard InChI is InChI=1S/C29H30ClN3O/c1-21(23-8-3-2-4-9-23)32-18-7-10-25(17-19-32)33-29(34)27-12-6-5-11-26(27)28(31-33)20-22-13-15-24(30)16-14-22/h2-6,8-9,11-16,21,25H,7,10,17-20H2,1H3. The van der Waals surface area contributed by atoms with E-state index in [0.717, 1.165) is 59.4 Å². The molecule has 4 nitrogen and oxygen atoms in total. The van der Waals surface area contributed by atoms with Gasteiger partial charge in [0.2, 0.25) is 0 Å². The normalized spacial score (nSPS) is 18.0. The molecule has 2 atom stereocenters. The Morgan fingerprint density at radius 1 is 0.912 bits per heavy atom. The van der Waals surface area contributed by atoms with Crippen molar-refractivity contribution >= 4 is 22.4 Å². The molecule has 1 fully saturated rings. The van der Waals surface area contributed by atoms with Crippen LogP contribution in [-0.4, -0.2) is 27.8 Å². The molecule has 5 heteroatoms. The van der Waals surface area contributed by atoms with E-state index < -0.39 is 0 Å². The van der Waals surface area contributed by atoms with Gasteiger partial charge in [-0.1, -0.05) is 72.3 Å². The minimum absolute atomic E-state index is 0.0185. The molecule has 2 heterocycles. The number of benzene rings is 3. The van der Waals surface area contributed by atoms with Gasteiger partial charge in [-0.3, -0.25) is 9.69 Å². The quantitative estimate of drug-likeness (QED) is 0.336. The maximum atomic E-state index is 13.5. The number of hydrogen-bond donors (Lipinski definition) is 0. The zero-order valence-electron chi connectivity index (χ0n) is 19.5. The van der Waals surface area contributed by atoms with Crippen molar-refractivity contribution in [3.05, 3.63) is 111 Å². The Balaban J connectivity index is 1.44. The Bertz CT molecular complexity index is 1320. The minimum atomic E-state index is 0.0185. The fraction of sp³-hybridized carbons (Fsp3) is 0.310. The Hall–Kier alpha value is -2.95. The van der Waals surface area contributed by atoms with Crippen molar-refractivity contribution in [2.24, 2.45) is 0 Å². The van der Waals surface area contributed by atoms with Crippen LogP contribution in [0.2, 0.25) is 5.02 Å². The van der Waals surface area contributed by atoms with Crippen molar-refractivity contribution in [3.8, 4) is 0 Å². The van der Waals surface area contributed by atoms with Gasteiger partial charge >= 0.3 is 0 Å². The molecule has 0 aliphatic carbocycles. The summed E-state index contributed by atoms with van der Waals surface area (Å²) in [7, 11) is 0. The first-order valence-electron chi connectivity index (χ1n) is 12.1. The number of likely N-dealkylation sites (tertiary alicyclic amines) is 1. The van der Waals surface area contributed by atoms with Crippen LogP contribution in [0.3, 0.4) is 0 Å². The van der Waals surface area contributed by atoms with Crippen molar-refractivity contribution < 1.29 is 0 Å². The maximum absolute atomic E-state index is 13.5. The molecular formula is C29H30ClN3O. The van der Waals surface area contributed by atoms with Crippen molar-refractivity contribution in [1.29, 1.82) is 0 Å². The second kappa shape index (κ2) is 10.1. The smallest absolute Gasteiger partial charge is 0.274 e. The lowest BCUT2D eigenvalue weighted by Crippen LogP contribution is -2.31. The van der Waals surface area contributed by atoms with Gasteiger partial charge in [0.05, 0.1) is 17.1 Å². The van der Waals surface area contributed by atoms with Gasteiger partial charge in [-0.2, -0.15) is 5.10 Å². The molecule has 0 spiro atoms. The monoisotopic (exact) mass is 471 g/mol. The largest absolute Gasteiger partial charge is 0.297 e. The molecule has 34 heavy (non-hydrogen) atoms. The molecule has 1 aromatic heterocycles. The molecule has 1 aliphatic heterocycles. The van der Waals surface area contributed by atoms with Crippen LogP contribution in [0, 0.1) is 0 Å². The SMILES string of the molecule is CC(c1ccccc1)N1CCCC(n2nc(Cc3ccc(Cl)cc3)c3ccccc3c2=O)CC1. The van der Waals surface area contributed by atoms with E-state index in [1.165, 1.54) is 5.56 Å². The average molecular weight is 472 g/mol. The molecule has 5 rings (SSSR count). The van der Waals surface area contributed by atoms with Crippen LogP contribution < -0.4 is 5.56 Å². The second-order valence-corrected chi connectivity index (χ2v) is 9.69. The number of nitrogens with zero attached hydrogens (tertiary/aromatic N) is 3. The summed E-state index contributed by atoms with van der Waals surface area (Å²) in [4.78, 5) is 16.0. The van der Waals surface area contributed by atoms with Gasteiger partial charge in [0.1, 0.15) is 0 Å². The second-order valence-electron chi connectivity index (χ2n) is 9.25. The molecule has 0 bridgehead atoms. The summed E-state index contributed by atoms with van der Waals surface area (Å²) in [6, 6.07) is 26.9. The number of rotatable bonds is 5.